The highest BCUT2D eigenvalue weighted by Gasteiger charge is 2.58. The average Bonchev–Trinajstić information content (AvgIpc) is 3.10. The van der Waals surface area contributed by atoms with E-state index in [0.29, 0.717) is 19.1 Å². The third-order valence-electron chi connectivity index (χ3n) is 5.10. The molecule has 6 nitrogen and oxygen atoms in total. The average molecular weight is 344 g/mol. The van der Waals surface area contributed by atoms with Gasteiger partial charge in [0.25, 0.3) is 0 Å². The summed E-state index contributed by atoms with van der Waals surface area (Å²) in [6.45, 7) is 13.2. The molecule has 3 saturated heterocycles. The van der Waals surface area contributed by atoms with E-state index in [4.69, 9.17) is 28.4 Å². The third-order valence-corrected chi connectivity index (χ3v) is 5.10. The molecule has 6 heteroatoms. The number of fused-ring (bicyclic) bond motifs is 1. The summed E-state index contributed by atoms with van der Waals surface area (Å²) >= 11 is 0. The molecule has 140 valence electrons. The highest BCUT2D eigenvalue weighted by Crippen LogP contribution is 2.42. The van der Waals surface area contributed by atoms with Crippen molar-refractivity contribution in [2.45, 2.75) is 96.7 Å². The molecule has 3 aliphatic heterocycles. The normalized spacial score (nSPS) is 40.4. The van der Waals surface area contributed by atoms with Crippen molar-refractivity contribution >= 4 is 0 Å². The first-order chi connectivity index (χ1) is 11.2. The second kappa shape index (κ2) is 6.82. The van der Waals surface area contributed by atoms with E-state index in [1.165, 1.54) is 0 Å². The van der Waals surface area contributed by atoms with Crippen LogP contribution in [0, 0.1) is 5.92 Å². The lowest BCUT2D eigenvalue weighted by molar-refractivity contribution is -0.236. The van der Waals surface area contributed by atoms with Crippen molar-refractivity contribution in [2.24, 2.45) is 5.92 Å². The molecular weight excluding hydrogens is 312 g/mol. The monoisotopic (exact) mass is 344 g/mol. The smallest absolute Gasteiger partial charge is 0.190 e. The SMILES string of the molecule is CCC(CC)CO[C@@H]1[C@H]2OC(C)(C)O[C@H]2O[C@@H]1[C@H]1COC(C)(C)O1. The number of rotatable bonds is 6. The Morgan fingerprint density at radius 3 is 2.25 bits per heavy atom. The van der Waals surface area contributed by atoms with Gasteiger partial charge in [0.2, 0.25) is 0 Å². The van der Waals surface area contributed by atoms with Crippen molar-refractivity contribution in [3.63, 3.8) is 0 Å². The third kappa shape index (κ3) is 3.79. The summed E-state index contributed by atoms with van der Waals surface area (Å²) in [5.74, 6) is -0.701. The molecule has 0 aromatic heterocycles. The summed E-state index contributed by atoms with van der Waals surface area (Å²) in [5.41, 5.74) is 0. The van der Waals surface area contributed by atoms with Crippen LogP contribution in [-0.4, -0.2) is 55.5 Å². The Labute approximate surface area is 145 Å². The van der Waals surface area contributed by atoms with Gasteiger partial charge in [0, 0.05) is 0 Å². The highest BCUT2D eigenvalue weighted by molar-refractivity contribution is 4.98. The van der Waals surface area contributed by atoms with E-state index < -0.39 is 17.9 Å². The second-order valence-corrected chi connectivity index (χ2v) is 7.92. The summed E-state index contributed by atoms with van der Waals surface area (Å²) in [5, 5.41) is 0. The first-order valence-corrected chi connectivity index (χ1v) is 9.19. The summed E-state index contributed by atoms with van der Waals surface area (Å²) in [4.78, 5) is 0. The van der Waals surface area contributed by atoms with E-state index in [-0.39, 0.29) is 24.4 Å². The van der Waals surface area contributed by atoms with Gasteiger partial charge in [-0.2, -0.15) is 0 Å². The molecule has 3 rings (SSSR count). The van der Waals surface area contributed by atoms with E-state index in [0.717, 1.165) is 12.8 Å². The van der Waals surface area contributed by atoms with E-state index in [1.807, 2.05) is 27.7 Å². The molecule has 0 spiro atoms. The van der Waals surface area contributed by atoms with Crippen LogP contribution >= 0.6 is 0 Å². The van der Waals surface area contributed by atoms with Crippen molar-refractivity contribution < 1.29 is 28.4 Å². The van der Waals surface area contributed by atoms with Gasteiger partial charge in [-0.25, -0.2) is 0 Å². The first kappa shape index (κ1) is 18.5. The molecule has 0 saturated carbocycles. The fraction of sp³-hybridized carbons (Fsp3) is 1.00. The molecule has 0 radical (unpaired) electrons. The minimum Gasteiger partial charge on any atom is -0.372 e. The van der Waals surface area contributed by atoms with Crippen LogP contribution in [0.25, 0.3) is 0 Å². The van der Waals surface area contributed by atoms with Crippen LogP contribution in [0.2, 0.25) is 0 Å². The number of ether oxygens (including phenoxy) is 6. The van der Waals surface area contributed by atoms with Gasteiger partial charge in [0.1, 0.15) is 24.4 Å². The Balaban J connectivity index is 1.70. The predicted octanol–water partition coefficient (Wildman–Crippen LogP) is 2.84. The fourth-order valence-corrected chi connectivity index (χ4v) is 3.64. The maximum atomic E-state index is 6.28. The maximum Gasteiger partial charge on any atom is 0.190 e. The molecule has 5 atom stereocenters. The predicted molar refractivity (Wildman–Crippen MR) is 87.4 cm³/mol. The van der Waals surface area contributed by atoms with E-state index in [9.17, 15) is 0 Å². The topological polar surface area (TPSA) is 55.4 Å². The molecule has 0 amide bonds. The molecule has 0 N–H and O–H groups in total. The fourth-order valence-electron chi connectivity index (χ4n) is 3.64. The maximum absolute atomic E-state index is 6.28. The van der Waals surface area contributed by atoms with Gasteiger partial charge >= 0.3 is 0 Å². The molecule has 3 aliphatic rings. The molecule has 0 aliphatic carbocycles. The van der Waals surface area contributed by atoms with Crippen LogP contribution in [-0.2, 0) is 28.4 Å². The molecule has 0 unspecified atom stereocenters. The Bertz CT molecular complexity index is 433. The number of hydrogen-bond acceptors (Lipinski definition) is 6. The Hall–Kier alpha value is -0.240. The number of hydrogen-bond donors (Lipinski definition) is 0. The quantitative estimate of drug-likeness (QED) is 0.738. The molecule has 24 heavy (non-hydrogen) atoms. The van der Waals surface area contributed by atoms with Crippen LogP contribution in [0.4, 0.5) is 0 Å². The van der Waals surface area contributed by atoms with Gasteiger partial charge in [0.05, 0.1) is 13.2 Å². The highest BCUT2D eigenvalue weighted by atomic mass is 16.8. The lowest BCUT2D eigenvalue weighted by atomic mass is 10.0. The zero-order valence-corrected chi connectivity index (χ0v) is 15.7. The Kier molecular flexibility index (Phi) is 5.27. The van der Waals surface area contributed by atoms with Crippen LogP contribution < -0.4 is 0 Å². The Morgan fingerprint density at radius 1 is 0.958 bits per heavy atom. The van der Waals surface area contributed by atoms with Gasteiger partial charge in [-0.05, 0) is 33.6 Å². The lowest BCUT2D eigenvalue weighted by Crippen LogP contribution is -2.44. The van der Waals surface area contributed by atoms with Crippen LogP contribution in [0.3, 0.4) is 0 Å². The summed E-state index contributed by atoms with van der Waals surface area (Å²) in [6, 6.07) is 0. The zero-order valence-electron chi connectivity index (χ0n) is 15.7. The van der Waals surface area contributed by atoms with Gasteiger partial charge < -0.3 is 28.4 Å². The zero-order chi connectivity index (χ0) is 17.5. The minimum atomic E-state index is -0.650. The van der Waals surface area contributed by atoms with Crippen molar-refractivity contribution in [2.75, 3.05) is 13.2 Å². The van der Waals surface area contributed by atoms with E-state index in [1.54, 1.807) is 0 Å². The minimum absolute atomic E-state index is 0.174. The molecule has 0 bridgehead atoms. The molecule has 0 aromatic rings. The van der Waals surface area contributed by atoms with Crippen LogP contribution in [0.5, 0.6) is 0 Å². The van der Waals surface area contributed by atoms with E-state index >= 15 is 0 Å². The molecular formula is C18H32O6. The van der Waals surface area contributed by atoms with Gasteiger partial charge in [0.15, 0.2) is 17.9 Å². The van der Waals surface area contributed by atoms with Gasteiger partial charge in [-0.3, -0.25) is 0 Å². The summed E-state index contributed by atoms with van der Waals surface area (Å²) < 4.78 is 36.1. The standard InChI is InChI=1S/C18H32O6/c1-7-11(8-2)9-19-14-13(12-10-20-17(3,4)22-12)21-16-15(14)23-18(5,6)24-16/h11-16H,7-10H2,1-6H3/t12-,13-,14+,15-,16-/m1/s1. The van der Waals surface area contributed by atoms with Gasteiger partial charge in [-0.15, -0.1) is 0 Å². The van der Waals surface area contributed by atoms with E-state index in [2.05, 4.69) is 13.8 Å². The second-order valence-electron chi connectivity index (χ2n) is 7.92. The molecule has 3 heterocycles. The van der Waals surface area contributed by atoms with Crippen molar-refractivity contribution in [1.29, 1.82) is 0 Å². The van der Waals surface area contributed by atoms with Gasteiger partial charge in [-0.1, -0.05) is 26.7 Å². The molecule has 3 fully saturated rings. The Morgan fingerprint density at radius 2 is 1.67 bits per heavy atom. The van der Waals surface area contributed by atoms with Crippen molar-refractivity contribution in [3.8, 4) is 0 Å². The van der Waals surface area contributed by atoms with Crippen LogP contribution in [0.15, 0.2) is 0 Å². The summed E-state index contributed by atoms with van der Waals surface area (Å²) in [7, 11) is 0. The molecule has 0 aromatic carbocycles. The van der Waals surface area contributed by atoms with Crippen LogP contribution in [0.1, 0.15) is 54.4 Å². The van der Waals surface area contributed by atoms with Crippen molar-refractivity contribution in [1.82, 2.24) is 0 Å². The summed E-state index contributed by atoms with van der Waals surface area (Å²) in [6.07, 6.45) is 0.930. The first-order valence-electron chi connectivity index (χ1n) is 9.19. The lowest BCUT2D eigenvalue weighted by Gasteiger charge is -2.30. The van der Waals surface area contributed by atoms with Crippen molar-refractivity contribution in [3.05, 3.63) is 0 Å². The largest absolute Gasteiger partial charge is 0.372 e.